The predicted octanol–water partition coefficient (Wildman–Crippen LogP) is 3.69. The maximum absolute atomic E-state index is 5.27. The minimum atomic E-state index is 0.617. The van der Waals surface area contributed by atoms with Crippen LogP contribution < -0.4 is 0 Å². The second-order valence-electron chi connectivity index (χ2n) is 3.94. The summed E-state index contributed by atoms with van der Waals surface area (Å²) in [7, 11) is 0. The molecule has 1 aliphatic rings. The summed E-state index contributed by atoms with van der Waals surface area (Å²) in [5, 5.41) is 9.30. The van der Waals surface area contributed by atoms with Crippen molar-refractivity contribution in [2.24, 2.45) is 0 Å². The molecular formula is C10H10BrN3S2. The van der Waals surface area contributed by atoms with Gasteiger partial charge >= 0.3 is 0 Å². The monoisotopic (exact) mass is 315 g/mol. The highest BCUT2D eigenvalue weighted by Crippen LogP contribution is 2.39. The van der Waals surface area contributed by atoms with Gasteiger partial charge in [-0.15, -0.1) is 11.3 Å². The Morgan fingerprint density at radius 2 is 2.44 bits per heavy atom. The number of aromatic amines is 1. The van der Waals surface area contributed by atoms with Crippen molar-refractivity contribution in [3.8, 4) is 0 Å². The lowest BCUT2D eigenvalue weighted by atomic mass is 10.4. The quantitative estimate of drug-likeness (QED) is 0.876. The SMILES string of the molecule is S=c1[nH]nc(C2CC2)n1Cc1sccc1Br. The molecule has 3 nitrogen and oxygen atoms in total. The van der Waals surface area contributed by atoms with Gasteiger partial charge < -0.3 is 0 Å². The van der Waals surface area contributed by atoms with E-state index in [1.165, 1.54) is 17.7 Å². The van der Waals surface area contributed by atoms with Crippen molar-refractivity contribution in [1.29, 1.82) is 0 Å². The molecule has 16 heavy (non-hydrogen) atoms. The first-order chi connectivity index (χ1) is 7.75. The van der Waals surface area contributed by atoms with Gasteiger partial charge in [0.25, 0.3) is 0 Å². The molecule has 1 saturated carbocycles. The summed E-state index contributed by atoms with van der Waals surface area (Å²) in [6.07, 6.45) is 2.48. The highest BCUT2D eigenvalue weighted by atomic mass is 79.9. The van der Waals surface area contributed by atoms with E-state index in [0.29, 0.717) is 5.92 Å². The van der Waals surface area contributed by atoms with Crippen LogP contribution in [0.4, 0.5) is 0 Å². The van der Waals surface area contributed by atoms with Gasteiger partial charge in [0.1, 0.15) is 5.82 Å². The number of hydrogen-bond donors (Lipinski definition) is 1. The van der Waals surface area contributed by atoms with Crippen LogP contribution in [0.1, 0.15) is 29.5 Å². The van der Waals surface area contributed by atoms with Crippen LogP contribution in [0.2, 0.25) is 0 Å². The molecule has 1 fully saturated rings. The largest absolute Gasteiger partial charge is 0.299 e. The molecular weight excluding hydrogens is 306 g/mol. The maximum Gasteiger partial charge on any atom is 0.195 e. The first-order valence-electron chi connectivity index (χ1n) is 5.12. The zero-order valence-corrected chi connectivity index (χ0v) is 11.7. The Morgan fingerprint density at radius 3 is 3.06 bits per heavy atom. The summed E-state index contributed by atoms with van der Waals surface area (Å²) in [4.78, 5) is 1.29. The third kappa shape index (κ3) is 1.89. The molecule has 0 amide bonds. The third-order valence-corrected chi connectivity index (χ3v) is 4.95. The summed E-state index contributed by atoms with van der Waals surface area (Å²) in [6.45, 7) is 0.819. The molecule has 3 rings (SSSR count). The number of nitrogens with one attached hydrogen (secondary N) is 1. The van der Waals surface area contributed by atoms with Gasteiger partial charge in [-0.3, -0.25) is 9.67 Å². The van der Waals surface area contributed by atoms with Crippen molar-refractivity contribution >= 4 is 39.5 Å². The van der Waals surface area contributed by atoms with Gasteiger partial charge in [0, 0.05) is 15.3 Å². The lowest BCUT2D eigenvalue weighted by molar-refractivity contribution is 0.725. The Bertz CT molecular complexity index is 565. The van der Waals surface area contributed by atoms with E-state index in [9.17, 15) is 0 Å². The standard InChI is InChI=1S/C10H10BrN3S2/c11-7-3-4-16-8(7)5-14-9(6-1-2-6)12-13-10(14)15/h3-4,6H,1-2,5H2,(H,13,15). The van der Waals surface area contributed by atoms with Crippen molar-refractivity contribution < 1.29 is 0 Å². The number of nitrogens with zero attached hydrogens (tertiary/aromatic N) is 2. The van der Waals surface area contributed by atoms with Gasteiger partial charge in [0.2, 0.25) is 0 Å². The highest BCUT2D eigenvalue weighted by Gasteiger charge is 2.29. The molecule has 0 radical (unpaired) electrons. The van der Waals surface area contributed by atoms with Crippen molar-refractivity contribution in [3.63, 3.8) is 0 Å². The molecule has 84 valence electrons. The van der Waals surface area contributed by atoms with E-state index in [2.05, 4.69) is 42.1 Å². The third-order valence-electron chi connectivity index (χ3n) is 2.72. The number of hydrogen-bond acceptors (Lipinski definition) is 3. The molecule has 6 heteroatoms. The van der Waals surface area contributed by atoms with E-state index in [0.717, 1.165) is 21.6 Å². The lowest BCUT2D eigenvalue weighted by Crippen LogP contribution is -2.03. The summed E-state index contributed by atoms with van der Waals surface area (Å²) in [6, 6.07) is 2.07. The smallest absolute Gasteiger partial charge is 0.195 e. The zero-order chi connectivity index (χ0) is 11.1. The molecule has 0 aliphatic heterocycles. The van der Waals surface area contributed by atoms with Crippen molar-refractivity contribution in [1.82, 2.24) is 14.8 Å². The molecule has 1 N–H and O–H groups in total. The predicted molar refractivity (Wildman–Crippen MR) is 70.5 cm³/mol. The molecule has 0 aromatic carbocycles. The Labute approximate surface area is 111 Å². The van der Waals surface area contributed by atoms with Crippen molar-refractivity contribution in [3.05, 3.63) is 31.4 Å². The summed E-state index contributed by atoms with van der Waals surface area (Å²) in [5.74, 6) is 1.73. The molecule has 2 aromatic heterocycles. The van der Waals surface area contributed by atoms with Crippen LogP contribution in [0.15, 0.2) is 15.9 Å². The van der Waals surface area contributed by atoms with E-state index in [-0.39, 0.29) is 0 Å². The van der Waals surface area contributed by atoms with Crippen LogP contribution in [0, 0.1) is 4.77 Å². The van der Waals surface area contributed by atoms with Crippen LogP contribution in [0.25, 0.3) is 0 Å². The van der Waals surface area contributed by atoms with E-state index in [1.54, 1.807) is 11.3 Å². The maximum atomic E-state index is 5.27. The molecule has 0 bridgehead atoms. The van der Waals surface area contributed by atoms with Crippen LogP contribution in [-0.4, -0.2) is 14.8 Å². The van der Waals surface area contributed by atoms with E-state index in [4.69, 9.17) is 12.2 Å². The first-order valence-corrected chi connectivity index (χ1v) is 7.21. The molecule has 1 aliphatic carbocycles. The number of thiophene rings is 1. The van der Waals surface area contributed by atoms with Gasteiger partial charge in [0.05, 0.1) is 6.54 Å². The minimum absolute atomic E-state index is 0.617. The Balaban J connectivity index is 1.97. The number of rotatable bonds is 3. The van der Waals surface area contributed by atoms with Crippen LogP contribution in [0.3, 0.4) is 0 Å². The Kier molecular flexibility index (Phi) is 2.73. The van der Waals surface area contributed by atoms with Crippen molar-refractivity contribution in [2.75, 3.05) is 0 Å². The summed E-state index contributed by atoms with van der Waals surface area (Å²) < 4.78 is 3.99. The van der Waals surface area contributed by atoms with Gasteiger partial charge in [-0.2, -0.15) is 5.10 Å². The molecule has 0 spiro atoms. The van der Waals surface area contributed by atoms with E-state index in [1.807, 2.05) is 0 Å². The summed E-state index contributed by atoms with van der Waals surface area (Å²) >= 11 is 10.6. The first kappa shape index (κ1) is 10.7. The van der Waals surface area contributed by atoms with Gasteiger partial charge in [-0.25, -0.2) is 0 Å². The normalized spacial score (nSPS) is 15.6. The molecule has 2 heterocycles. The Hall–Kier alpha value is -0.460. The average molecular weight is 316 g/mol. The van der Waals surface area contributed by atoms with Crippen molar-refractivity contribution in [2.45, 2.75) is 25.3 Å². The minimum Gasteiger partial charge on any atom is -0.299 e. The fourth-order valence-corrected chi connectivity index (χ4v) is 3.39. The van der Waals surface area contributed by atoms with Gasteiger partial charge in [0.15, 0.2) is 4.77 Å². The average Bonchev–Trinajstić information content (AvgIpc) is 2.94. The zero-order valence-electron chi connectivity index (χ0n) is 8.44. The molecule has 0 unspecified atom stereocenters. The number of halogens is 1. The molecule has 2 aromatic rings. The number of H-pyrrole nitrogens is 1. The fraction of sp³-hybridized carbons (Fsp3) is 0.400. The van der Waals surface area contributed by atoms with Crippen LogP contribution >= 0.6 is 39.5 Å². The highest BCUT2D eigenvalue weighted by molar-refractivity contribution is 9.10. The second kappa shape index (κ2) is 4.09. The molecule has 0 atom stereocenters. The second-order valence-corrected chi connectivity index (χ2v) is 6.18. The van der Waals surface area contributed by atoms with E-state index < -0.39 is 0 Å². The topological polar surface area (TPSA) is 33.6 Å². The fourth-order valence-electron chi connectivity index (χ4n) is 1.72. The van der Waals surface area contributed by atoms with Gasteiger partial charge in [-0.05, 0) is 52.4 Å². The van der Waals surface area contributed by atoms with Crippen LogP contribution in [-0.2, 0) is 6.54 Å². The Morgan fingerprint density at radius 1 is 1.62 bits per heavy atom. The number of aromatic nitrogens is 3. The summed E-state index contributed by atoms with van der Waals surface area (Å²) in [5.41, 5.74) is 0. The molecule has 0 saturated heterocycles. The van der Waals surface area contributed by atoms with Gasteiger partial charge in [-0.1, -0.05) is 0 Å². The van der Waals surface area contributed by atoms with E-state index >= 15 is 0 Å². The lowest BCUT2D eigenvalue weighted by Gasteiger charge is -2.04. The van der Waals surface area contributed by atoms with Crippen LogP contribution in [0.5, 0.6) is 0 Å².